The SMILES string of the molecule is O.O.O.O=C(O)Cc1ccc2ccccc2n1.O=C(O)Cc1ccc2ccccc2n1.O=C(O)Cc1ccc2ccccc2n1.[Nd]. The number of hydrogen-bond donors (Lipinski definition) is 3. The molecule has 0 aliphatic heterocycles. The van der Waals surface area contributed by atoms with Crippen LogP contribution in [-0.2, 0) is 33.6 Å². The molecule has 6 rings (SSSR count). The molecule has 3 aromatic carbocycles. The summed E-state index contributed by atoms with van der Waals surface area (Å²) in [5.74, 6) is -2.56. The summed E-state index contributed by atoms with van der Waals surface area (Å²) >= 11 is 0. The van der Waals surface area contributed by atoms with Crippen molar-refractivity contribution >= 4 is 50.6 Å². The van der Waals surface area contributed by atoms with Gasteiger partial charge in [-0.05, 0) is 36.4 Å². The summed E-state index contributed by atoms with van der Waals surface area (Å²) in [6.07, 6.45) is -0.0689. The van der Waals surface area contributed by atoms with Crippen LogP contribution in [0.2, 0.25) is 0 Å². The minimum absolute atomic E-state index is 0. The summed E-state index contributed by atoms with van der Waals surface area (Å²) < 4.78 is 0. The minimum Gasteiger partial charge on any atom is -0.481 e. The zero-order valence-electron chi connectivity index (χ0n) is 24.4. The Morgan fingerprint density at radius 2 is 0.652 bits per heavy atom. The molecular weight excluding hydrogens is 727 g/mol. The van der Waals surface area contributed by atoms with E-state index in [2.05, 4.69) is 15.0 Å². The van der Waals surface area contributed by atoms with Gasteiger partial charge >= 0.3 is 17.9 Å². The van der Waals surface area contributed by atoms with Crippen LogP contribution < -0.4 is 0 Å². The summed E-state index contributed by atoms with van der Waals surface area (Å²) in [5, 5.41) is 28.9. The number of carboxylic acid groups (broad SMARTS) is 3. The zero-order valence-corrected chi connectivity index (χ0v) is 27.6. The third-order valence-corrected chi connectivity index (χ3v) is 5.97. The summed E-state index contributed by atoms with van der Waals surface area (Å²) in [6.45, 7) is 0. The van der Waals surface area contributed by atoms with E-state index in [9.17, 15) is 14.4 Å². The average Bonchev–Trinajstić information content (AvgIpc) is 2.97. The first kappa shape index (κ1) is 41.5. The predicted octanol–water partition coefficient (Wildman–Crippen LogP) is 3.11. The molecule has 0 atom stereocenters. The Hall–Kier alpha value is -4.47. The van der Waals surface area contributed by atoms with E-state index in [1.165, 1.54) is 0 Å². The Bertz CT molecular complexity index is 1670. The van der Waals surface area contributed by atoms with Crippen molar-refractivity contribution in [2.24, 2.45) is 0 Å². The second-order valence-corrected chi connectivity index (χ2v) is 9.20. The molecule has 3 aromatic heterocycles. The Morgan fingerprint density at radius 3 is 0.891 bits per heavy atom. The van der Waals surface area contributed by atoms with Gasteiger partial charge in [-0.2, -0.15) is 0 Å². The number of carboxylic acids is 3. The van der Waals surface area contributed by atoms with Crippen LogP contribution in [0.4, 0.5) is 0 Å². The molecule has 0 fully saturated rings. The first-order chi connectivity index (χ1) is 20.3. The van der Waals surface area contributed by atoms with Crippen LogP contribution in [0.3, 0.4) is 0 Å². The molecule has 0 unspecified atom stereocenters. The van der Waals surface area contributed by atoms with Crippen molar-refractivity contribution in [1.82, 2.24) is 15.0 Å². The molecule has 46 heavy (non-hydrogen) atoms. The molecule has 238 valence electrons. The molecule has 0 aliphatic rings. The summed E-state index contributed by atoms with van der Waals surface area (Å²) in [4.78, 5) is 44.1. The molecule has 3 heterocycles. The number of hydrogen-bond acceptors (Lipinski definition) is 6. The molecule has 6 aromatic rings. The summed E-state index contributed by atoms with van der Waals surface area (Å²) in [5.41, 5.74) is 4.30. The first-order valence-electron chi connectivity index (χ1n) is 13.0. The number of fused-ring (bicyclic) bond motifs is 3. The summed E-state index contributed by atoms with van der Waals surface area (Å²) in [7, 11) is 0. The van der Waals surface area contributed by atoms with Crippen molar-refractivity contribution in [2.45, 2.75) is 19.3 Å². The molecular formula is C33H33N3NdO9. The van der Waals surface area contributed by atoms with Crippen LogP contribution in [0.25, 0.3) is 32.7 Å². The monoisotopic (exact) mass is 757 g/mol. The van der Waals surface area contributed by atoms with Crippen molar-refractivity contribution in [3.63, 3.8) is 0 Å². The standard InChI is InChI=1S/3C11H9NO2.Nd.3H2O/c3*13-11(14)7-9-6-5-8-3-1-2-4-10(8)12-9;;;;/h3*1-6H,7H2,(H,13,14);;3*1H2. The third-order valence-electron chi connectivity index (χ3n) is 5.97. The third kappa shape index (κ3) is 12.9. The van der Waals surface area contributed by atoms with E-state index in [1.807, 2.05) is 91.0 Å². The van der Waals surface area contributed by atoms with Gasteiger partial charge in [-0.1, -0.05) is 72.8 Å². The normalized spacial score (nSPS) is 9.39. The Balaban J connectivity index is 0.000000633. The van der Waals surface area contributed by atoms with Crippen molar-refractivity contribution < 1.29 is 87.0 Å². The second-order valence-electron chi connectivity index (χ2n) is 9.20. The van der Waals surface area contributed by atoms with Gasteiger partial charge in [0.25, 0.3) is 0 Å². The van der Waals surface area contributed by atoms with Gasteiger partial charge in [-0.25, -0.2) is 0 Å². The van der Waals surface area contributed by atoms with Crippen LogP contribution in [-0.4, -0.2) is 64.6 Å². The van der Waals surface area contributed by atoms with Gasteiger partial charge in [0.05, 0.1) is 52.9 Å². The van der Waals surface area contributed by atoms with Gasteiger partial charge in [0.1, 0.15) is 0 Å². The van der Waals surface area contributed by atoms with Gasteiger partial charge in [0.15, 0.2) is 0 Å². The fourth-order valence-electron chi connectivity index (χ4n) is 4.08. The Kier molecular flexibility index (Phi) is 18.5. The largest absolute Gasteiger partial charge is 0.481 e. The molecule has 0 bridgehead atoms. The van der Waals surface area contributed by atoms with E-state index in [4.69, 9.17) is 15.3 Å². The maximum atomic E-state index is 10.5. The quantitative estimate of drug-likeness (QED) is 0.226. The van der Waals surface area contributed by atoms with E-state index in [0.717, 1.165) is 32.7 Å². The minimum atomic E-state index is -0.854. The molecule has 0 saturated carbocycles. The summed E-state index contributed by atoms with van der Waals surface area (Å²) in [6, 6.07) is 33.8. The first-order valence-corrected chi connectivity index (χ1v) is 13.0. The van der Waals surface area contributed by atoms with Gasteiger partial charge in [0.2, 0.25) is 0 Å². The number of pyridine rings is 3. The van der Waals surface area contributed by atoms with E-state index < -0.39 is 17.9 Å². The maximum absolute atomic E-state index is 10.5. The predicted molar refractivity (Wildman–Crippen MR) is 170 cm³/mol. The number of para-hydroxylation sites is 3. The van der Waals surface area contributed by atoms with Crippen LogP contribution in [0.15, 0.2) is 109 Å². The fraction of sp³-hybridized carbons (Fsp3) is 0.0909. The molecule has 0 spiro atoms. The van der Waals surface area contributed by atoms with E-state index in [0.29, 0.717) is 17.1 Å². The van der Waals surface area contributed by atoms with Crippen molar-refractivity contribution in [3.05, 3.63) is 126 Å². The van der Waals surface area contributed by atoms with Gasteiger partial charge in [0, 0.05) is 57.0 Å². The number of carbonyl (C=O) groups is 3. The number of rotatable bonds is 6. The maximum Gasteiger partial charge on any atom is 0.309 e. The van der Waals surface area contributed by atoms with Gasteiger partial charge in [-0.3, -0.25) is 29.3 Å². The molecule has 0 radical (unpaired) electrons. The average molecular weight is 760 g/mol. The fourth-order valence-corrected chi connectivity index (χ4v) is 4.08. The van der Waals surface area contributed by atoms with Crippen LogP contribution in [0.1, 0.15) is 17.1 Å². The van der Waals surface area contributed by atoms with E-state index in [-0.39, 0.29) is 76.5 Å². The number of benzene rings is 3. The number of aliphatic carboxylic acids is 3. The van der Waals surface area contributed by atoms with Crippen LogP contribution in [0, 0.1) is 40.8 Å². The Morgan fingerprint density at radius 1 is 0.413 bits per heavy atom. The van der Waals surface area contributed by atoms with E-state index >= 15 is 0 Å². The molecule has 0 saturated heterocycles. The topological polar surface area (TPSA) is 245 Å². The number of aromatic nitrogens is 3. The zero-order chi connectivity index (χ0) is 29.9. The molecule has 0 amide bonds. The van der Waals surface area contributed by atoms with E-state index in [1.54, 1.807) is 18.2 Å². The molecule has 0 aliphatic carbocycles. The van der Waals surface area contributed by atoms with Crippen molar-refractivity contribution in [2.75, 3.05) is 0 Å². The Labute approximate surface area is 296 Å². The molecule has 13 heteroatoms. The smallest absolute Gasteiger partial charge is 0.309 e. The van der Waals surface area contributed by atoms with Crippen molar-refractivity contribution in [3.8, 4) is 0 Å². The van der Waals surface area contributed by atoms with Crippen LogP contribution in [0.5, 0.6) is 0 Å². The number of nitrogens with zero attached hydrogens (tertiary/aromatic N) is 3. The van der Waals surface area contributed by atoms with Crippen LogP contribution >= 0.6 is 0 Å². The molecule has 12 nitrogen and oxygen atoms in total. The van der Waals surface area contributed by atoms with Gasteiger partial charge in [-0.15, -0.1) is 0 Å². The second kappa shape index (κ2) is 20.5. The van der Waals surface area contributed by atoms with Crippen molar-refractivity contribution in [1.29, 1.82) is 0 Å². The molecule has 9 N–H and O–H groups in total. The van der Waals surface area contributed by atoms with Gasteiger partial charge < -0.3 is 31.7 Å².